The minimum absolute atomic E-state index is 0.719. The highest BCUT2D eigenvalue weighted by atomic mass is 16.1. The first-order valence-electron chi connectivity index (χ1n) is 5.25. The zero-order valence-electron chi connectivity index (χ0n) is 9.45. The van der Waals surface area contributed by atoms with Crippen LogP contribution < -0.4 is 0 Å². The number of hydrogen-bond acceptors (Lipinski definition) is 2. The van der Waals surface area contributed by atoms with Gasteiger partial charge in [0.1, 0.15) is 6.29 Å². The van der Waals surface area contributed by atoms with Crippen molar-refractivity contribution >= 4 is 6.29 Å². The van der Waals surface area contributed by atoms with E-state index >= 15 is 0 Å². The maximum absolute atomic E-state index is 10.7. The number of benzene rings is 1. The number of hydrogen-bond donors (Lipinski definition) is 1. The van der Waals surface area contributed by atoms with Crippen molar-refractivity contribution in [2.45, 2.75) is 20.3 Å². The molecule has 2 aromatic rings. The molecular formula is C13H14N2O. The third kappa shape index (κ3) is 2.03. The molecule has 1 N–H and O–H groups in total. The summed E-state index contributed by atoms with van der Waals surface area (Å²) in [6.45, 7) is 4.00. The Balaban J connectivity index is 2.30. The lowest BCUT2D eigenvalue weighted by molar-refractivity contribution is 0.112. The Morgan fingerprint density at radius 3 is 2.81 bits per heavy atom. The molecule has 0 aliphatic heterocycles. The van der Waals surface area contributed by atoms with E-state index < -0.39 is 0 Å². The lowest BCUT2D eigenvalue weighted by atomic mass is 10.0. The second-order valence-electron chi connectivity index (χ2n) is 3.95. The molecule has 0 spiro atoms. The van der Waals surface area contributed by atoms with E-state index in [1.54, 1.807) is 0 Å². The summed E-state index contributed by atoms with van der Waals surface area (Å²) in [7, 11) is 0. The average molecular weight is 214 g/mol. The molecule has 0 aliphatic carbocycles. The number of nitrogens with one attached hydrogen (secondary N) is 1. The van der Waals surface area contributed by atoms with Crippen molar-refractivity contribution in [2.24, 2.45) is 0 Å². The highest BCUT2D eigenvalue weighted by molar-refractivity contribution is 5.75. The minimum Gasteiger partial charge on any atom is -0.298 e. The summed E-state index contributed by atoms with van der Waals surface area (Å²) in [5.74, 6) is 0. The van der Waals surface area contributed by atoms with E-state index in [0.29, 0.717) is 0 Å². The van der Waals surface area contributed by atoms with Crippen LogP contribution in [0.4, 0.5) is 0 Å². The Kier molecular flexibility index (Phi) is 2.86. The Morgan fingerprint density at radius 1 is 1.38 bits per heavy atom. The number of aldehydes is 1. The van der Waals surface area contributed by atoms with Crippen molar-refractivity contribution in [2.75, 3.05) is 0 Å². The van der Waals surface area contributed by atoms with Crippen LogP contribution in [-0.4, -0.2) is 16.5 Å². The molecule has 0 saturated carbocycles. The molecule has 1 aromatic carbocycles. The normalized spacial score (nSPS) is 10.4. The van der Waals surface area contributed by atoms with Crippen LogP contribution in [-0.2, 0) is 6.42 Å². The predicted octanol–water partition coefficient (Wildman–Crippen LogP) is 2.43. The van der Waals surface area contributed by atoms with Gasteiger partial charge in [0, 0.05) is 23.2 Å². The molecule has 2 rings (SSSR count). The molecule has 1 heterocycles. The SMILES string of the molecule is Cc1n[nH]c(C)c1Cc1cccc(C=O)c1. The second kappa shape index (κ2) is 4.31. The van der Waals surface area contributed by atoms with Crippen LogP contribution in [0, 0.1) is 13.8 Å². The lowest BCUT2D eigenvalue weighted by Gasteiger charge is -2.02. The van der Waals surface area contributed by atoms with Crippen LogP contribution >= 0.6 is 0 Å². The summed E-state index contributed by atoms with van der Waals surface area (Å²) in [6, 6.07) is 7.66. The van der Waals surface area contributed by atoms with Crippen molar-refractivity contribution in [1.82, 2.24) is 10.2 Å². The topological polar surface area (TPSA) is 45.8 Å². The number of rotatable bonds is 3. The lowest BCUT2D eigenvalue weighted by Crippen LogP contribution is -1.92. The fraction of sp³-hybridized carbons (Fsp3) is 0.231. The number of nitrogens with zero attached hydrogens (tertiary/aromatic N) is 1. The zero-order chi connectivity index (χ0) is 11.5. The molecule has 3 nitrogen and oxygen atoms in total. The molecule has 0 aliphatic rings. The maximum Gasteiger partial charge on any atom is 0.150 e. The third-order valence-electron chi connectivity index (χ3n) is 2.75. The maximum atomic E-state index is 10.7. The summed E-state index contributed by atoms with van der Waals surface area (Å²) < 4.78 is 0. The van der Waals surface area contributed by atoms with Gasteiger partial charge in [-0.25, -0.2) is 0 Å². The Labute approximate surface area is 94.5 Å². The van der Waals surface area contributed by atoms with Crippen LogP contribution in [0.3, 0.4) is 0 Å². The number of aromatic amines is 1. The molecule has 3 heteroatoms. The molecule has 0 saturated heterocycles. The second-order valence-corrected chi connectivity index (χ2v) is 3.95. The van der Waals surface area contributed by atoms with Crippen molar-refractivity contribution in [3.8, 4) is 0 Å². The van der Waals surface area contributed by atoms with E-state index in [9.17, 15) is 4.79 Å². The zero-order valence-corrected chi connectivity index (χ0v) is 9.45. The molecule has 0 radical (unpaired) electrons. The van der Waals surface area contributed by atoms with Gasteiger partial charge in [0.05, 0.1) is 5.69 Å². The molecular weight excluding hydrogens is 200 g/mol. The van der Waals surface area contributed by atoms with E-state index in [4.69, 9.17) is 0 Å². The van der Waals surface area contributed by atoms with Gasteiger partial charge < -0.3 is 0 Å². The fourth-order valence-corrected chi connectivity index (χ4v) is 1.82. The number of aryl methyl sites for hydroxylation is 2. The predicted molar refractivity (Wildman–Crippen MR) is 62.7 cm³/mol. The first-order chi connectivity index (χ1) is 7.70. The van der Waals surface area contributed by atoms with Gasteiger partial charge >= 0.3 is 0 Å². The number of aromatic nitrogens is 2. The standard InChI is InChI=1S/C13H14N2O/c1-9-13(10(2)15-14-9)7-11-4-3-5-12(6-11)8-16/h3-6,8H,7H2,1-2H3,(H,14,15). The van der Waals surface area contributed by atoms with E-state index in [2.05, 4.69) is 10.2 Å². The Bertz CT molecular complexity index is 495. The van der Waals surface area contributed by atoms with Crippen LogP contribution in [0.2, 0.25) is 0 Å². The smallest absolute Gasteiger partial charge is 0.150 e. The molecule has 0 amide bonds. The monoisotopic (exact) mass is 214 g/mol. The highest BCUT2D eigenvalue weighted by Crippen LogP contribution is 2.15. The van der Waals surface area contributed by atoms with Crippen molar-refractivity contribution in [3.05, 3.63) is 52.3 Å². The molecule has 0 bridgehead atoms. The quantitative estimate of drug-likeness (QED) is 0.797. The molecule has 0 fully saturated rings. The van der Waals surface area contributed by atoms with Gasteiger partial charge in [-0.2, -0.15) is 5.10 Å². The molecule has 82 valence electrons. The fourth-order valence-electron chi connectivity index (χ4n) is 1.82. The van der Waals surface area contributed by atoms with Gasteiger partial charge in [0.15, 0.2) is 0 Å². The van der Waals surface area contributed by atoms with Gasteiger partial charge in [0.25, 0.3) is 0 Å². The van der Waals surface area contributed by atoms with E-state index in [0.717, 1.165) is 35.2 Å². The van der Waals surface area contributed by atoms with Crippen molar-refractivity contribution in [1.29, 1.82) is 0 Å². The molecule has 1 aromatic heterocycles. The van der Waals surface area contributed by atoms with Gasteiger partial charge in [-0.1, -0.05) is 18.2 Å². The molecule has 0 unspecified atom stereocenters. The summed E-state index contributed by atoms with van der Waals surface area (Å²) in [4.78, 5) is 10.7. The van der Waals surface area contributed by atoms with Gasteiger partial charge in [-0.05, 0) is 25.5 Å². The van der Waals surface area contributed by atoms with E-state index in [1.165, 1.54) is 5.56 Å². The summed E-state index contributed by atoms with van der Waals surface area (Å²) in [6.07, 6.45) is 1.69. The van der Waals surface area contributed by atoms with Crippen LogP contribution in [0.25, 0.3) is 0 Å². The summed E-state index contributed by atoms with van der Waals surface area (Å²) in [5, 5.41) is 7.13. The number of carbonyl (C=O) groups excluding carboxylic acids is 1. The highest BCUT2D eigenvalue weighted by Gasteiger charge is 2.07. The van der Waals surface area contributed by atoms with Gasteiger partial charge in [0.2, 0.25) is 0 Å². The number of carbonyl (C=O) groups is 1. The Hall–Kier alpha value is -1.90. The van der Waals surface area contributed by atoms with Crippen molar-refractivity contribution < 1.29 is 4.79 Å². The van der Waals surface area contributed by atoms with Gasteiger partial charge in [-0.15, -0.1) is 0 Å². The largest absolute Gasteiger partial charge is 0.298 e. The Morgan fingerprint density at radius 2 is 2.19 bits per heavy atom. The van der Waals surface area contributed by atoms with Crippen LogP contribution in [0.15, 0.2) is 24.3 Å². The third-order valence-corrected chi connectivity index (χ3v) is 2.75. The first kappa shape index (κ1) is 10.6. The van der Waals surface area contributed by atoms with E-state index in [-0.39, 0.29) is 0 Å². The van der Waals surface area contributed by atoms with Crippen molar-refractivity contribution in [3.63, 3.8) is 0 Å². The van der Waals surface area contributed by atoms with Crippen LogP contribution in [0.5, 0.6) is 0 Å². The van der Waals surface area contributed by atoms with E-state index in [1.807, 2.05) is 38.1 Å². The molecule has 16 heavy (non-hydrogen) atoms. The first-order valence-corrected chi connectivity index (χ1v) is 5.25. The average Bonchev–Trinajstić information content (AvgIpc) is 2.61. The summed E-state index contributed by atoms with van der Waals surface area (Å²) >= 11 is 0. The summed E-state index contributed by atoms with van der Waals surface area (Å²) in [5.41, 5.74) is 5.18. The minimum atomic E-state index is 0.719. The van der Waals surface area contributed by atoms with Gasteiger partial charge in [-0.3, -0.25) is 9.89 Å². The van der Waals surface area contributed by atoms with Crippen LogP contribution in [0.1, 0.15) is 32.9 Å². The number of H-pyrrole nitrogens is 1. The molecule has 0 atom stereocenters.